The smallest absolute Gasteiger partial charge is 0.255 e. The van der Waals surface area contributed by atoms with Crippen LogP contribution < -0.4 is 14.8 Å². The van der Waals surface area contributed by atoms with Crippen molar-refractivity contribution >= 4 is 23.2 Å². The summed E-state index contributed by atoms with van der Waals surface area (Å²) >= 11 is 5.92. The van der Waals surface area contributed by atoms with Crippen molar-refractivity contribution < 1.29 is 14.3 Å². The monoisotopic (exact) mass is 319 g/mol. The second-order valence-electron chi connectivity index (χ2n) is 4.71. The van der Waals surface area contributed by atoms with Gasteiger partial charge in [-0.1, -0.05) is 11.6 Å². The van der Waals surface area contributed by atoms with E-state index in [1.165, 1.54) is 0 Å². The fraction of sp³-hybridized carbons (Fsp3) is 0.235. The molecule has 5 heteroatoms. The highest BCUT2D eigenvalue weighted by molar-refractivity contribution is 6.30. The second-order valence-corrected chi connectivity index (χ2v) is 5.15. The predicted octanol–water partition coefficient (Wildman–Crippen LogP) is 4.31. The van der Waals surface area contributed by atoms with E-state index in [1.54, 1.807) is 43.5 Å². The van der Waals surface area contributed by atoms with Crippen LogP contribution >= 0.6 is 11.6 Å². The number of amides is 1. The number of aryl methyl sites for hydroxylation is 1. The fourth-order valence-corrected chi connectivity index (χ4v) is 2.27. The van der Waals surface area contributed by atoms with Gasteiger partial charge in [0.1, 0.15) is 0 Å². The van der Waals surface area contributed by atoms with E-state index in [-0.39, 0.29) is 5.91 Å². The van der Waals surface area contributed by atoms with E-state index in [1.807, 2.05) is 13.8 Å². The van der Waals surface area contributed by atoms with Crippen LogP contribution in [0, 0.1) is 6.92 Å². The standard InChI is InChI=1S/C17H18ClNO3/c1-4-22-16-10-12(5-8-15(16)21-3)17(20)19-14-7-6-13(18)9-11(14)2/h5-10H,4H2,1-3H3,(H,19,20). The lowest BCUT2D eigenvalue weighted by Gasteiger charge is -2.12. The minimum absolute atomic E-state index is 0.214. The first-order valence-corrected chi connectivity index (χ1v) is 7.31. The van der Waals surface area contributed by atoms with Gasteiger partial charge >= 0.3 is 0 Å². The van der Waals surface area contributed by atoms with E-state index in [9.17, 15) is 4.79 Å². The zero-order valence-corrected chi connectivity index (χ0v) is 13.5. The molecule has 0 spiro atoms. The quantitative estimate of drug-likeness (QED) is 0.893. The van der Waals surface area contributed by atoms with Crippen LogP contribution in [0.3, 0.4) is 0 Å². The Hall–Kier alpha value is -2.20. The maximum atomic E-state index is 12.4. The van der Waals surface area contributed by atoms with Crippen molar-refractivity contribution in [3.05, 3.63) is 52.5 Å². The van der Waals surface area contributed by atoms with Crippen molar-refractivity contribution in [1.29, 1.82) is 0 Å². The third-order valence-electron chi connectivity index (χ3n) is 3.16. The third kappa shape index (κ3) is 3.71. The van der Waals surface area contributed by atoms with Gasteiger partial charge in [-0.05, 0) is 55.8 Å². The van der Waals surface area contributed by atoms with E-state index in [2.05, 4.69) is 5.32 Å². The third-order valence-corrected chi connectivity index (χ3v) is 3.40. The average Bonchev–Trinajstić information content (AvgIpc) is 2.50. The molecule has 2 rings (SSSR count). The highest BCUT2D eigenvalue weighted by atomic mass is 35.5. The number of carbonyl (C=O) groups excluding carboxylic acids is 1. The molecule has 1 N–H and O–H groups in total. The SMILES string of the molecule is CCOc1cc(C(=O)Nc2ccc(Cl)cc2C)ccc1OC. The second kappa shape index (κ2) is 7.18. The van der Waals surface area contributed by atoms with Crippen molar-refractivity contribution in [3.63, 3.8) is 0 Å². The van der Waals surface area contributed by atoms with Crippen LogP contribution in [0.4, 0.5) is 5.69 Å². The maximum absolute atomic E-state index is 12.4. The lowest BCUT2D eigenvalue weighted by Crippen LogP contribution is -2.13. The summed E-state index contributed by atoms with van der Waals surface area (Å²) in [7, 11) is 1.56. The molecule has 0 atom stereocenters. The van der Waals surface area contributed by atoms with Crippen molar-refractivity contribution in [2.45, 2.75) is 13.8 Å². The Kier molecular flexibility index (Phi) is 5.28. The number of halogens is 1. The van der Waals surface area contributed by atoms with Gasteiger partial charge in [0.25, 0.3) is 5.91 Å². The van der Waals surface area contributed by atoms with Gasteiger partial charge in [-0.25, -0.2) is 0 Å². The van der Waals surface area contributed by atoms with Crippen LogP contribution in [0.5, 0.6) is 11.5 Å². The molecule has 116 valence electrons. The molecule has 1 amide bonds. The number of methoxy groups -OCH3 is 1. The van der Waals surface area contributed by atoms with Crippen LogP contribution in [-0.4, -0.2) is 19.6 Å². The van der Waals surface area contributed by atoms with Crippen LogP contribution in [0.2, 0.25) is 5.02 Å². The zero-order chi connectivity index (χ0) is 16.1. The minimum atomic E-state index is -0.214. The number of carbonyl (C=O) groups is 1. The Morgan fingerprint density at radius 1 is 1.18 bits per heavy atom. The maximum Gasteiger partial charge on any atom is 0.255 e. The molecular formula is C17H18ClNO3. The van der Waals surface area contributed by atoms with Crippen molar-refractivity contribution in [1.82, 2.24) is 0 Å². The molecule has 0 fully saturated rings. The summed E-state index contributed by atoms with van der Waals surface area (Å²) in [5, 5.41) is 3.50. The number of benzene rings is 2. The molecule has 0 aliphatic carbocycles. The lowest BCUT2D eigenvalue weighted by atomic mass is 10.1. The normalized spacial score (nSPS) is 10.2. The summed E-state index contributed by atoms with van der Waals surface area (Å²) in [6.07, 6.45) is 0. The van der Waals surface area contributed by atoms with Gasteiger partial charge in [0, 0.05) is 16.3 Å². The molecule has 0 aromatic heterocycles. The van der Waals surface area contributed by atoms with Gasteiger partial charge in [-0.2, -0.15) is 0 Å². The molecule has 22 heavy (non-hydrogen) atoms. The molecule has 2 aromatic carbocycles. The van der Waals surface area contributed by atoms with E-state index in [0.29, 0.717) is 28.7 Å². The molecule has 0 bridgehead atoms. The van der Waals surface area contributed by atoms with Gasteiger partial charge in [-0.3, -0.25) is 4.79 Å². The molecule has 0 saturated carbocycles. The summed E-state index contributed by atoms with van der Waals surface area (Å²) in [5.41, 5.74) is 2.13. The molecule has 0 unspecified atom stereocenters. The molecule has 0 heterocycles. The summed E-state index contributed by atoms with van der Waals surface area (Å²) < 4.78 is 10.7. The molecule has 4 nitrogen and oxygen atoms in total. The fourth-order valence-electron chi connectivity index (χ4n) is 2.05. The molecular weight excluding hydrogens is 302 g/mol. The molecule has 0 aliphatic rings. The average molecular weight is 320 g/mol. The van der Waals surface area contributed by atoms with Gasteiger partial charge in [0.05, 0.1) is 13.7 Å². The molecule has 0 aliphatic heterocycles. The van der Waals surface area contributed by atoms with Gasteiger partial charge < -0.3 is 14.8 Å². The van der Waals surface area contributed by atoms with Gasteiger partial charge in [0.15, 0.2) is 11.5 Å². The Morgan fingerprint density at radius 3 is 2.59 bits per heavy atom. The lowest BCUT2D eigenvalue weighted by molar-refractivity contribution is 0.102. The first-order chi connectivity index (χ1) is 10.5. The van der Waals surface area contributed by atoms with Crippen LogP contribution in [0.1, 0.15) is 22.8 Å². The molecule has 2 aromatic rings. The highest BCUT2D eigenvalue weighted by Crippen LogP contribution is 2.28. The van der Waals surface area contributed by atoms with Gasteiger partial charge in [0.2, 0.25) is 0 Å². The summed E-state index contributed by atoms with van der Waals surface area (Å²) in [6, 6.07) is 10.4. The Balaban J connectivity index is 2.23. The topological polar surface area (TPSA) is 47.6 Å². The highest BCUT2D eigenvalue weighted by Gasteiger charge is 2.12. The first-order valence-electron chi connectivity index (χ1n) is 6.93. The van der Waals surface area contributed by atoms with E-state index >= 15 is 0 Å². The van der Waals surface area contributed by atoms with Crippen LogP contribution in [0.15, 0.2) is 36.4 Å². The Bertz CT molecular complexity index is 686. The zero-order valence-electron chi connectivity index (χ0n) is 12.8. The van der Waals surface area contributed by atoms with Crippen LogP contribution in [-0.2, 0) is 0 Å². The predicted molar refractivity (Wildman–Crippen MR) is 88.3 cm³/mol. The number of anilines is 1. The Morgan fingerprint density at radius 2 is 1.95 bits per heavy atom. The number of rotatable bonds is 5. The number of hydrogen-bond acceptors (Lipinski definition) is 3. The molecule has 0 saturated heterocycles. The molecule has 0 radical (unpaired) electrons. The van der Waals surface area contributed by atoms with Crippen LogP contribution in [0.25, 0.3) is 0 Å². The summed E-state index contributed by atoms with van der Waals surface area (Å²) in [5.74, 6) is 0.931. The van der Waals surface area contributed by atoms with E-state index in [0.717, 1.165) is 11.3 Å². The van der Waals surface area contributed by atoms with E-state index < -0.39 is 0 Å². The van der Waals surface area contributed by atoms with E-state index in [4.69, 9.17) is 21.1 Å². The van der Waals surface area contributed by atoms with Crippen molar-refractivity contribution in [2.24, 2.45) is 0 Å². The van der Waals surface area contributed by atoms with Gasteiger partial charge in [-0.15, -0.1) is 0 Å². The number of ether oxygens (including phenoxy) is 2. The van der Waals surface area contributed by atoms with Crippen molar-refractivity contribution in [3.8, 4) is 11.5 Å². The first kappa shape index (κ1) is 16.2. The minimum Gasteiger partial charge on any atom is -0.493 e. The largest absolute Gasteiger partial charge is 0.493 e. The van der Waals surface area contributed by atoms with Crippen molar-refractivity contribution in [2.75, 3.05) is 19.0 Å². The summed E-state index contributed by atoms with van der Waals surface area (Å²) in [6.45, 7) is 4.27. The summed E-state index contributed by atoms with van der Waals surface area (Å²) in [4.78, 5) is 12.4. The number of hydrogen-bond donors (Lipinski definition) is 1. The number of nitrogens with one attached hydrogen (secondary N) is 1. The Labute approximate surface area is 135 Å².